The number of imidazole rings is 1. The van der Waals surface area contributed by atoms with Crippen LogP contribution in [-0.4, -0.2) is 44.1 Å². The first-order valence-corrected chi connectivity index (χ1v) is 12.5. The molecule has 0 aliphatic carbocycles. The molecule has 35 heavy (non-hydrogen) atoms. The Kier molecular flexibility index (Phi) is 5.32. The minimum atomic E-state index is -3.62. The predicted octanol–water partition coefficient (Wildman–Crippen LogP) is 4.31. The van der Waals surface area contributed by atoms with Crippen molar-refractivity contribution in [2.45, 2.75) is 0 Å². The number of halogens is 1. The summed E-state index contributed by atoms with van der Waals surface area (Å²) in [5, 5.41) is 3.13. The molecule has 8 nitrogen and oxygen atoms in total. The van der Waals surface area contributed by atoms with Crippen molar-refractivity contribution < 1.29 is 22.0 Å². The van der Waals surface area contributed by atoms with E-state index in [1.165, 1.54) is 42.7 Å². The Hall–Kier alpha value is -4.18. The molecular weight excluding hydrogens is 471 g/mol. The van der Waals surface area contributed by atoms with Crippen LogP contribution >= 0.6 is 0 Å². The maximum Gasteiger partial charge on any atom is 0.255 e. The van der Waals surface area contributed by atoms with Crippen LogP contribution in [0.5, 0.6) is 0 Å². The van der Waals surface area contributed by atoms with Crippen LogP contribution in [0.3, 0.4) is 0 Å². The molecule has 3 aromatic heterocycles. The van der Waals surface area contributed by atoms with E-state index in [1.54, 1.807) is 24.5 Å². The number of carbonyl (C=O) groups is 1. The highest BCUT2D eigenvalue weighted by Crippen LogP contribution is 2.41. The Balaban J connectivity index is 1.84. The number of nitrogens with one attached hydrogen (secondary N) is 1. The summed E-state index contributed by atoms with van der Waals surface area (Å²) in [6, 6.07) is 12.6. The third kappa shape index (κ3) is 3.91. The molecule has 0 bridgehead atoms. The Morgan fingerprint density at radius 2 is 1.83 bits per heavy atom. The molecule has 0 aliphatic rings. The van der Waals surface area contributed by atoms with E-state index in [9.17, 15) is 17.6 Å². The van der Waals surface area contributed by atoms with Gasteiger partial charge >= 0.3 is 0 Å². The lowest BCUT2D eigenvalue weighted by Crippen LogP contribution is -2.25. The quantitative estimate of drug-likeness (QED) is 0.394. The summed E-state index contributed by atoms with van der Waals surface area (Å²) in [6.45, 7) is 0. The SMILES string of the molecule is CNC(=O)c1c(-c2ccc(F)cc2)oc2cc(N(C)S(C)(=O)=O)c(-c3ccc4nccn4c3)cc12. The van der Waals surface area contributed by atoms with Crippen LogP contribution in [0, 0.1) is 5.82 Å². The summed E-state index contributed by atoms with van der Waals surface area (Å²) in [6.07, 6.45) is 6.41. The van der Waals surface area contributed by atoms with Gasteiger partial charge in [-0.1, -0.05) is 0 Å². The van der Waals surface area contributed by atoms with Crippen LogP contribution in [0.25, 0.3) is 39.1 Å². The fraction of sp³-hybridized carbons (Fsp3) is 0.120. The van der Waals surface area contributed by atoms with Gasteiger partial charge in [-0.25, -0.2) is 17.8 Å². The molecule has 0 unspecified atom stereocenters. The second-order valence-corrected chi connectivity index (χ2v) is 10.1. The first kappa shape index (κ1) is 22.6. The van der Waals surface area contributed by atoms with E-state index in [-0.39, 0.29) is 17.2 Å². The largest absolute Gasteiger partial charge is 0.455 e. The van der Waals surface area contributed by atoms with Crippen LogP contribution < -0.4 is 9.62 Å². The normalized spacial score (nSPS) is 11.8. The zero-order valence-electron chi connectivity index (χ0n) is 19.1. The van der Waals surface area contributed by atoms with Crippen molar-refractivity contribution in [3.8, 4) is 22.5 Å². The number of hydrogen-bond donors (Lipinski definition) is 1. The number of furan rings is 1. The third-order valence-electron chi connectivity index (χ3n) is 5.90. The van der Waals surface area contributed by atoms with Gasteiger partial charge in [-0.15, -0.1) is 0 Å². The van der Waals surface area contributed by atoms with Gasteiger partial charge in [0.15, 0.2) is 0 Å². The highest BCUT2D eigenvalue weighted by molar-refractivity contribution is 7.92. The smallest absolute Gasteiger partial charge is 0.255 e. The fourth-order valence-corrected chi connectivity index (χ4v) is 4.55. The molecule has 0 fully saturated rings. The van der Waals surface area contributed by atoms with Crippen molar-refractivity contribution in [1.82, 2.24) is 14.7 Å². The molecule has 1 N–H and O–H groups in total. The maximum absolute atomic E-state index is 13.5. The van der Waals surface area contributed by atoms with E-state index in [1.807, 2.05) is 22.7 Å². The number of nitrogens with zero attached hydrogens (tertiary/aromatic N) is 3. The van der Waals surface area contributed by atoms with E-state index in [2.05, 4.69) is 10.3 Å². The number of anilines is 1. The van der Waals surface area contributed by atoms with Gasteiger partial charge in [0.05, 0.1) is 17.5 Å². The number of pyridine rings is 1. The van der Waals surface area contributed by atoms with Gasteiger partial charge in [-0.05, 0) is 42.5 Å². The topological polar surface area (TPSA) is 96.9 Å². The molecule has 1 amide bonds. The Bertz CT molecular complexity index is 1710. The molecule has 10 heteroatoms. The number of aromatic nitrogens is 2. The van der Waals surface area contributed by atoms with Gasteiger partial charge in [0.1, 0.15) is 22.8 Å². The Morgan fingerprint density at radius 3 is 2.51 bits per heavy atom. The maximum atomic E-state index is 13.5. The van der Waals surface area contributed by atoms with E-state index < -0.39 is 15.8 Å². The van der Waals surface area contributed by atoms with Gasteiger partial charge < -0.3 is 14.1 Å². The fourth-order valence-electron chi connectivity index (χ4n) is 4.04. The van der Waals surface area contributed by atoms with Crippen molar-refractivity contribution >= 4 is 38.2 Å². The molecule has 178 valence electrons. The number of carbonyl (C=O) groups excluding carboxylic acids is 1. The first-order chi connectivity index (χ1) is 16.7. The van der Waals surface area contributed by atoms with Gasteiger partial charge in [0, 0.05) is 60.8 Å². The Labute approximate surface area is 200 Å². The summed E-state index contributed by atoms with van der Waals surface area (Å²) in [4.78, 5) is 17.2. The summed E-state index contributed by atoms with van der Waals surface area (Å²) in [5.74, 6) is -0.543. The van der Waals surface area contributed by atoms with Crippen molar-refractivity contribution in [2.75, 3.05) is 24.7 Å². The molecule has 0 saturated carbocycles. The van der Waals surface area contributed by atoms with E-state index in [4.69, 9.17) is 4.42 Å². The van der Waals surface area contributed by atoms with E-state index >= 15 is 0 Å². The minimum absolute atomic E-state index is 0.259. The number of sulfonamides is 1. The lowest BCUT2D eigenvalue weighted by Gasteiger charge is -2.20. The van der Waals surface area contributed by atoms with Gasteiger partial charge in [0.2, 0.25) is 10.0 Å². The minimum Gasteiger partial charge on any atom is -0.455 e. The summed E-state index contributed by atoms with van der Waals surface area (Å²) < 4.78 is 47.6. The molecule has 3 heterocycles. The van der Waals surface area contributed by atoms with Crippen molar-refractivity contribution in [2.24, 2.45) is 0 Å². The summed E-state index contributed by atoms with van der Waals surface area (Å²) >= 11 is 0. The van der Waals surface area contributed by atoms with Gasteiger partial charge in [0.25, 0.3) is 5.91 Å². The average Bonchev–Trinajstić information content (AvgIpc) is 3.45. The van der Waals surface area contributed by atoms with Crippen molar-refractivity contribution in [3.63, 3.8) is 0 Å². The lowest BCUT2D eigenvalue weighted by molar-refractivity contribution is 0.0964. The van der Waals surface area contributed by atoms with Crippen molar-refractivity contribution in [3.05, 3.63) is 78.5 Å². The molecule has 5 aromatic rings. The van der Waals surface area contributed by atoms with Crippen LogP contribution in [-0.2, 0) is 10.0 Å². The molecule has 0 spiro atoms. The zero-order chi connectivity index (χ0) is 24.9. The number of fused-ring (bicyclic) bond motifs is 2. The molecular formula is C25H21FN4O4S. The van der Waals surface area contributed by atoms with Crippen LogP contribution in [0.15, 0.2) is 71.5 Å². The monoisotopic (exact) mass is 492 g/mol. The highest BCUT2D eigenvalue weighted by atomic mass is 32.2. The van der Waals surface area contributed by atoms with Gasteiger partial charge in [-0.2, -0.15) is 0 Å². The second-order valence-electron chi connectivity index (χ2n) is 8.10. The number of hydrogen-bond acceptors (Lipinski definition) is 5. The molecule has 0 saturated heterocycles. The molecule has 0 atom stereocenters. The zero-order valence-corrected chi connectivity index (χ0v) is 19.9. The van der Waals surface area contributed by atoms with E-state index in [0.29, 0.717) is 27.8 Å². The predicted molar refractivity (Wildman–Crippen MR) is 132 cm³/mol. The third-order valence-corrected chi connectivity index (χ3v) is 7.09. The second kappa shape index (κ2) is 8.24. The first-order valence-electron chi connectivity index (χ1n) is 10.6. The van der Waals surface area contributed by atoms with Crippen LogP contribution in [0.1, 0.15) is 10.4 Å². The highest BCUT2D eigenvalue weighted by Gasteiger charge is 2.26. The lowest BCUT2D eigenvalue weighted by atomic mass is 9.99. The number of rotatable bonds is 5. The molecule has 0 radical (unpaired) electrons. The molecule has 5 rings (SSSR count). The molecule has 0 aliphatic heterocycles. The standard InChI is InChI=1S/C25H21FN4O4S/c1-27-25(31)23-19-12-18(16-6-9-22-28-10-11-30(22)14-16)20(29(2)35(3,32)33)13-21(19)34-24(23)15-4-7-17(26)8-5-15/h4-14H,1-3H3,(H,27,31). The average molecular weight is 493 g/mol. The molecule has 2 aromatic carbocycles. The number of amides is 1. The summed E-state index contributed by atoms with van der Waals surface area (Å²) in [5.41, 5.74) is 3.52. The van der Waals surface area contributed by atoms with Crippen LogP contribution in [0.2, 0.25) is 0 Å². The Morgan fingerprint density at radius 1 is 1.11 bits per heavy atom. The van der Waals surface area contributed by atoms with Crippen LogP contribution in [0.4, 0.5) is 10.1 Å². The number of benzene rings is 2. The van der Waals surface area contributed by atoms with E-state index in [0.717, 1.165) is 17.5 Å². The van der Waals surface area contributed by atoms with Gasteiger partial charge in [-0.3, -0.25) is 9.10 Å². The summed E-state index contributed by atoms with van der Waals surface area (Å²) in [7, 11) is -0.650. The van der Waals surface area contributed by atoms with Crippen molar-refractivity contribution in [1.29, 1.82) is 0 Å².